The van der Waals surface area contributed by atoms with Gasteiger partial charge >= 0.3 is 6.18 Å². The Hall–Kier alpha value is -2.51. The van der Waals surface area contributed by atoms with Crippen molar-refractivity contribution in [1.82, 2.24) is 10.2 Å². The van der Waals surface area contributed by atoms with Gasteiger partial charge in [0.2, 0.25) is 0 Å². The summed E-state index contributed by atoms with van der Waals surface area (Å²) < 4.78 is 39.1. The van der Waals surface area contributed by atoms with Gasteiger partial charge in [-0.3, -0.25) is 4.79 Å². The van der Waals surface area contributed by atoms with Gasteiger partial charge in [0.15, 0.2) is 0 Å². The number of aromatic hydroxyl groups is 1. The molecule has 0 unspecified atom stereocenters. The van der Waals surface area contributed by atoms with Crippen LogP contribution in [-0.2, 0) is 19.3 Å². The normalized spacial score (nSPS) is 14.3. The van der Waals surface area contributed by atoms with Crippen molar-refractivity contribution < 1.29 is 18.3 Å². The molecule has 2 heterocycles. The van der Waals surface area contributed by atoms with Crippen LogP contribution in [0.15, 0.2) is 29.2 Å². The van der Waals surface area contributed by atoms with Crippen LogP contribution in [0, 0.1) is 0 Å². The number of fused-ring (bicyclic) bond motifs is 1. The molecular formula is C13H10F3N3O2. The molecule has 0 fully saturated rings. The van der Waals surface area contributed by atoms with Crippen LogP contribution in [0.5, 0.6) is 5.75 Å². The molecule has 3 rings (SSSR count). The zero-order valence-corrected chi connectivity index (χ0v) is 10.6. The number of halogens is 3. The number of alkyl halides is 3. The molecule has 0 radical (unpaired) electrons. The number of nitrogens with one attached hydrogen (secondary N) is 1. The van der Waals surface area contributed by atoms with Crippen molar-refractivity contribution in [3.8, 4) is 5.75 Å². The van der Waals surface area contributed by atoms with Crippen molar-refractivity contribution in [2.45, 2.75) is 19.3 Å². The quantitative estimate of drug-likeness (QED) is 0.845. The third kappa shape index (κ3) is 2.32. The molecule has 0 saturated heterocycles. The molecule has 110 valence electrons. The van der Waals surface area contributed by atoms with Crippen LogP contribution in [-0.4, -0.2) is 15.3 Å². The number of hydrogen-bond acceptors (Lipinski definition) is 4. The van der Waals surface area contributed by atoms with E-state index in [1.165, 1.54) is 17.0 Å². The van der Waals surface area contributed by atoms with Gasteiger partial charge in [-0.25, -0.2) is 5.10 Å². The van der Waals surface area contributed by atoms with Crippen molar-refractivity contribution >= 4 is 5.69 Å². The van der Waals surface area contributed by atoms with Gasteiger partial charge in [-0.05, 0) is 23.3 Å². The maximum absolute atomic E-state index is 13.0. The van der Waals surface area contributed by atoms with Gasteiger partial charge in [0, 0.05) is 13.1 Å². The Morgan fingerprint density at radius 3 is 2.67 bits per heavy atom. The van der Waals surface area contributed by atoms with E-state index in [0.29, 0.717) is 0 Å². The van der Waals surface area contributed by atoms with Crippen molar-refractivity contribution in [3.63, 3.8) is 0 Å². The lowest BCUT2D eigenvalue weighted by Gasteiger charge is -2.21. The molecule has 0 amide bonds. The standard InChI is InChI=1S/C13H10F3N3O2/c14-13(15,16)11-10(4-17-18-12(11)21)19-5-7-1-2-9(20)3-8(7)6-19/h1-4,20H,5-6H2,(H,18,21). The fourth-order valence-electron chi connectivity index (χ4n) is 2.45. The lowest BCUT2D eigenvalue weighted by atomic mass is 10.1. The molecule has 5 nitrogen and oxygen atoms in total. The average molecular weight is 297 g/mol. The van der Waals surface area contributed by atoms with Crippen LogP contribution in [0.2, 0.25) is 0 Å². The Kier molecular flexibility index (Phi) is 2.89. The van der Waals surface area contributed by atoms with Crippen LogP contribution in [0.3, 0.4) is 0 Å². The molecular weight excluding hydrogens is 287 g/mol. The maximum Gasteiger partial charge on any atom is 0.423 e. The van der Waals surface area contributed by atoms with Gasteiger partial charge in [0.1, 0.15) is 11.3 Å². The minimum absolute atomic E-state index is 0.0516. The first-order valence-corrected chi connectivity index (χ1v) is 6.07. The van der Waals surface area contributed by atoms with E-state index in [0.717, 1.165) is 17.3 Å². The number of benzene rings is 1. The van der Waals surface area contributed by atoms with E-state index in [1.54, 1.807) is 6.07 Å². The third-order valence-corrected chi connectivity index (χ3v) is 3.37. The fourth-order valence-corrected chi connectivity index (χ4v) is 2.45. The topological polar surface area (TPSA) is 69.2 Å². The second kappa shape index (κ2) is 4.51. The SMILES string of the molecule is O=c1[nH]ncc(N2Cc3ccc(O)cc3C2)c1C(F)(F)F. The van der Waals surface area contributed by atoms with Crippen LogP contribution in [0.1, 0.15) is 16.7 Å². The maximum atomic E-state index is 13.0. The summed E-state index contributed by atoms with van der Waals surface area (Å²) in [6.45, 7) is 0.405. The highest BCUT2D eigenvalue weighted by atomic mass is 19.4. The number of aromatic nitrogens is 2. The Morgan fingerprint density at radius 2 is 1.95 bits per heavy atom. The molecule has 1 aliphatic rings. The number of aromatic amines is 1. The lowest BCUT2D eigenvalue weighted by molar-refractivity contribution is -0.138. The molecule has 1 aliphatic heterocycles. The zero-order valence-electron chi connectivity index (χ0n) is 10.6. The summed E-state index contributed by atoms with van der Waals surface area (Å²) in [4.78, 5) is 12.9. The molecule has 1 aromatic heterocycles. The second-order valence-corrected chi connectivity index (χ2v) is 4.77. The molecule has 0 bridgehead atoms. The van der Waals surface area contributed by atoms with Gasteiger partial charge < -0.3 is 10.0 Å². The molecule has 2 N–H and O–H groups in total. The van der Waals surface area contributed by atoms with Crippen LogP contribution in [0.25, 0.3) is 0 Å². The van der Waals surface area contributed by atoms with Gasteiger partial charge in [-0.15, -0.1) is 0 Å². The zero-order chi connectivity index (χ0) is 15.2. The van der Waals surface area contributed by atoms with Crippen LogP contribution < -0.4 is 10.5 Å². The summed E-state index contributed by atoms with van der Waals surface area (Å²) in [6, 6.07) is 4.63. The minimum atomic E-state index is -4.76. The summed E-state index contributed by atoms with van der Waals surface area (Å²) in [6.07, 6.45) is -3.77. The number of phenols is 1. The number of phenolic OH excluding ortho intramolecular Hbond substituents is 1. The van der Waals surface area contributed by atoms with E-state index >= 15 is 0 Å². The highest BCUT2D eigenvalue weighted by Gasteiger charge is 2.39. The van der Waals surface area contributed by atoms with Crippen molar-refractivity contribution in [2.24, 2.45) is 0 Å². The Balaban J connectivity index is 2.05. The highest BCUT2D eigenvalue weighted by molar-refractivity contribution is 5.56. The van der Waals surface area contributed by atoms with Crippen molar-refractivity contribution in [2.75, 3.05) is 4.90 Å². The molecule has 0 spiro atoms. The summed E-state index contributed by atoms with van der Waals surface area (Å²) >= 11 is 0. The molecule has 1 aromatic carbocycles. The number of anilines is 1. The van der Waals surface area contributed by atoms with Crippen LogP contribution >= 0.6 is 0 Å². The number of nitrogens with zero attached hydrogens (tertiary/aromatic N) is 2. The number of rotatable bonds is 1. The van der Waals surface area contributed by atoms with E-state index in [4.69, 9.17) is 0 Å². The van der Waals surface area contributed by atoms with E-state index in [1.807, 2.05) is 5.10 Å². The van der Waals surface area contributed by atoms with Crippen molar-refractivity contribution in [3.05, 3.63) is 51.4 Å². The first-order chi connectivity index (χ1) is 9.86. The minimum Gasteiger partial charge on any atom is -0.508 e. The number of H-pyrrole nitrogens is 1. The van der Waals surface area contributed by atoms with E-state index in [9.17, 15) is 23.1 Å². The molecule has 0 saturated carbocycles. The fraction of sp³-hybridized carbons (Fsp3) is 0.231. The summed E-state index contributed by atoms with van der Waals surface area (Å²) in [5, 5.41) is 14.7. The molecule has 21 heavy (non-hydrogen) atoms. The molecule has 0 atom stereocenters. The first-order valence-electron chi connectivity index (χ1n) is 6.07. The van der Waals surface area contributed by atoms with E-state index < -0.39 is 17.3 Å². The summed E-state index contributed by atoms with van der Waals surface area (Å²) in [5.74, 6) is 0.0516. The first kappa shape index (κ1) is 13.5. The van der Waals surface area contributed by atoms with Gasteiger partial charge in [-0.2, -0.15) is 18.3 Å². The number of hydrogen-bond donors (Lipinski definition) is 2. The highest BCUT2D eigenvalue weighted by Crippen LogP contribution is 2.37. The van der Waals surface area contributed by atoms with E-state index in [-0.39, 0.29) is 24.5 Å². The van der Waals surface area contributed by atoms with Crippen LogP contribution in [0.4, 0.5) is 18.9 Å². The van der Waals surface area contributed by atoms with Gasteiger partial charge in [0.25, 0.3) is 5.56 Å². The predicted octanol–water partition coefficient (Wildman–Crippen LogP) is 2.01. The van der Waals surface area contributed by atoms with Crippen molar-refractivity contribution in [1.29, 1.82) is 0 Å². The van der Waals surface area contributed by atoms with Gasteiger partial charge in [-0.1, -0.05) is 6.07 Å². The molecule has 2 aromatic rings. The Bertz CT molecular complexity index is 755. The molecule has 0 aliphatic carbocycles. The summed E-state index contributed by atoms with van der Waals surface area (Å²) in [5.41, 5.74) is -1.25. The summed E-state index contributed by atoms with van der Waals surface area (Å²) in [7, 11) is 0. The largest absolute Gasteiger partial charge is 0.508 e. The lowest BCUT2D eigenvalue weighted by Crippen LogP contribution is -2.28. The van der Waals surface area contributed by atoms with Gasteiger partial charge in [0.05, 0.1) is 11.9 Å². The molecule has 8 heteroatoms. The Labute approximate surface area is 116 Å². The predicted molar refractivity (Wildman–Crippen MR) is 67.9 cm³/mol. The second-order valence-electron chi connectivity index (χ2n) is 4.77. The third-order valence-electron chi connectivity index (χ3n) is 3.37. The smallest absolute Gasteiger partial charge is 0.423 e. The monoisotopic (exact) mass is 297 g/mol. The van der Waals surface area contributed by atoms with E-state index in [2.05, 4.69) is 5.10 Å². The average Bonchev–Trinajstić information content (AvgIpc) is 2.79. The Morgan fingerprint density at radius 1 is 1.24 bits per heavy atom.